The number of carbonyl (C=O) groups is 3. The largest absolute Gasteiger partial charge is 0.489 e. The number of amides is 2. The Balaban J connectivity index is 1.43. The van der Waals surface area contributed by atoms with Crippen LogP contribution in [0.1, 0.15) is 81.0 Å². The smallest absolute Gasteiger partial charge is 0.416 e. The molecule has 2 aliphatic rings. The fourth-order valence-electron chi connectivity index (χ4n) is 5.68. The molecular formula is C32H39F3N2O6. The molecule has 11 heteroatoms. The zero-order chi connectivity index (χ0) is 31.5. The third kappa shape index (κ3) is 7.80. The molecule has 1 aliphatic heterocycles. The van der Waals surface area contributed by atoms with E-state index in [2.05, 4.69) is 0 Å². The summed E-state index contributed by atoms with van der Waals surface area (Å²) in [6.07, 6.45) is -1.53. The lowest BCUT2D eigenvalue weighted by Crippen LogP contribution is -2.48. The van der Waals surface area contributed by atoms with E-state index < -0.39 is 35.4 Å². The topological polar surface area (TPSA) is 85.4 Å². The van der Waals surface area contributed by atoms with Crippen molar-refractivity contribution in [3.8, 4) is 5.75 Å². The van der Waals surface area contributed by atoms with Gasteiger partial charge in [-0.3, -0.25) is 9.69 Å². The summed E-state index contributed by atoms with van der Waals surface area (Å²) in [6.45, 7) is 5.42. The van der Waals surface area contributed by atoms with Crippen LogP contribution in [0.5, 0.6) is 5.75 Å². The van der Waals surface area contributed by atoms with Gasteiger partial charge in [-0.15, -0.1) is 0 Å². The molecule has 8 nitrogen and oxygen atoms in total. The molecule has 0 saturated heterocycles. The van der Waals surface area contributed by atoms with E-state index in [0.29, 0.717) is 35.5 Å². The summed E-state index contributed by atoms with van der Waals surface area (Å²) >= 11 is 0. The zero-order valence-electron chi connectivity index (χ0n) is 25.3. The van der Waals surface area contributed by atoms with Crippen molar-refractivity contribution in [1.82, 2.24) is 4.90 Å². The van der Waals surface area contributed by atoms with Gasteiger partial charge in [0.25, 0.3) is 0 Å². The van der Waals surface area contributed by atoms with Crippen LogP contribution in [0, 0.1) is 0 Å². The van der Waals surface area contributed by atoms with Gasteiger partial charge in [0, 0.05) is 19.3 Å². The first kappa shape index (κ1) is 32.2. The number of benzene rings is 2. The predicted molar refractivity (Wildman–Crippen MR) is 154 cm³/mol. The molecule has 1 fully saturated rings. The van der Waals surface area contributed by atoms with E-state index in [9.17, 15) is 27.6 Å². The van der Waals surface area contributed by atoms with Gasteiger partial charge in [-0.25, -0.2) is 9.59 Å². The zero-order valence-corrected chi connectivity index (χ0v) is 25.3. The van der Waals surface area contributed by atoms with Crippen LogP contribution in [0.25, 0.3) is 0 Å². The van der Waals surface area contributed by atoms with E-state index in [-0.39, 0.29) is 24.9 Å². The summed E-state index contributed by atoms with van der Waals surface area (Å²) in [4.78, 5) is 41.0. The van der Waals surface area contributed by atoms with Gasteiger partial charge in [0.1, 0.15) is 24.0 Å². The minimum Gasteiger partial charge on any atom is -0.489 e. The van der Waals surface area contributed by atoms with E-state index in [4.69, 9.17) is 14.2 Å². The number of methoxy groups -OCH3 is 1. The van der Waals surface area contributed by atoms with Gasteiger partial charge in [0.2, 0.25) is 5.91 Å². The average Bonchev–Trinajstić information content (AvgIpc) is 3.63. The molecule has 1 atom stereocenters. The first-order valence-corrected chi connectivity index (χ1v) is 14.5. The van der Waals surface area contributed by atoms with Crippen molar-refractivity contribution < 1.29 is 41.8 Å². The Morgan fingerprint density at radius 1 is 1.05 bits per heavy atom. The molecule has 0 N–H and O–H groups in total. The highest BCUT2D eigenvalue weighted by atomic mass is 19.4. The first-order chi connectivity index (χ1) is 20.2. The van der Waals surface area contributed by atoms with Crippen LogP contribution in [0.15, 0.2) is 36.4 Å². The third-order valence-electron chi connectivity index (χ3n) is 7.86. The Morgan fingerprint density at radius 3 is 2.37 bits per heavy atom. The number of ether oxygens (including phenoxy) is 3. The van der Waals surface area contributed by atoms with Gasteiger partial charge in [0.05, 0.1) is 19.1 Å². The Kier molecular flexibility index (Phi) is 9.61. The Morgan fingerprint density at radius 2 is 1.74 bits per heavy atom. The van der Waals surface area contributed by atoms with Gasteiger partial charge in [-0.05, 0) is 86.9 Å². The molecular weight excluding hydrogens is 565 g/mol. The summed E-state index contributed by atoms with van der Waals surface area (Å²) in [5.41, 5.74) is 0.876. The molecule has 1 unspecified atom stereocenters. The fourth-order valence-corrected chi connectivity index (χ4v) is 5.68. The second-order valence-electron chi connectivity index (χ2n) is 12.1. The van der Waals surface area contributed by atoms with Crippen LogP contribution in [-0.4, -0.2) is 55.2 Å². The lowest BCUT2D eigenvalue weighted by molar-refractivity contribution is -0.148. The van der Waals surface area contributed by atoms with Gasteiger partial charge < -0.3 is 19.1 Å². The van der Waals surface area contributed by atoms with Crippen LogP contribution in [-0.2, 0) is 38.3 Å². The standard InChI is InChI=1S/C32H39F3N2O6/c1-31(2,3)43-30(40)36(4)27(29(39)41-5)18-28(38)37-15-14-22-17-23(11-13-26(22)37)42-19-20-10-12-24(21-8-6-7-9-21)25(16-20)32(33,34)35/h10-13,16-17,21,27H,6-9,14-15,18-19H2,1-5H3. The Hall–Kier alpha value is -3.76. The van der Waals surface area contributed by atoms with Crippen LogP contribution < -0.4 is 9.64 Å². The van der Waals surface area contributed by atoms with Crippen molar-refractivity contribution >= 4 is 23.7 Å². The van der Waals surface area contributed by atoms with Crippen LogP contribution >= 0.6 is 0 Å². The van der Waals surface area contributed by atoms with Crippen molar-refractivity contribution in [3.05, 3.63) is 58.7 Å². The maximum absolute atomic E-state index is 13.9. The monoisotopic (exact) mass is 604 g/mol. The summed E-state index contributed by atoms with van der Waals surface area (Å²) in [5.74, 6) is -0.705. The quantitative estimate of drug-likeness (QED) is 0.315. The number of alkyl halides is 3. The number of hydrogen-bond acceptors (Lipinski definition) is 6. The van der Waals surface area contributed by atoms with E-state index >= 15 is 0 Å². The van der Waals surface area contributed by atoms with Crippen molar-refractivity contribution in [3.63, 3.8) is 0 Å². The highest BCUT2D eigenvalue weighted by Crippen LogP contribution is 2.42. The van der Waals surface area contributed by atoms with E-state index in [1.54, 1.807) is 51.1 Å². The molecule has 4 rings (SSSR count). The molecule has 234 valence electrons. The van der Waals surface area contributed by atoms with Crippen molar-refractivity contribution in [2.75, 3.05) is 25.6 Å². The first-order valence-electron chi connectivity index (χ1n) is 14.5. The number of esters is 1. The lowest BCUT2D eigenvalue weighted by atomic mass is 9.91. The summed E-state index contributed by atoms with van der Waals surface area (Å²) in [7, 11) is 2.56. The second-order valence-corrected chi connectivity index (χ2v) is 12.1. The summed E-state index contributed by atoms with van der Waals surface area (Å²) < 4.78 is 57.6. The van der Waals surface area contributed by atoms with E-state index in [0.717, 1.165) is 36.1 Å². The number of hydrogen-bond donors (Lipinski definition) is 0. The highest BCUT2D eigenvalue weighted by Gasteiger charge is 2.37. The van der Waals surface area contributed by atoms with Crippen molar-refractivity contribution in [2.45, 2.75) is 89.6 Å². The number of nitrogens with zero attached hydrogens (tertiary/aromatic N) is 2. The number of anilines is 1. The molecule has 0 spiro atoms. The summed E-state index contributed by atoms with van der Waals surface area (Å²) in [6, 6.07) is 8.43. The number of carbonyl (C=O) groups excluding carboxylic acids is 3. The lowest BCUT2D eigenvalue weighted by Gasteiger charge is -2.30. The van der Waals surface area contributed by atoms with Crippen molar-refractivity contribution in [1.29, 1.82) is 0 Å². The Labute approximate surface area is 250 Å². The third-order valence-corrected chi connectivity index (χ3v) is 7.86. The molecule has 1 saturated carbocycles. The van der Waals surface area contributed by atoms with E-state index in [1.165, 1.54) is 25.1 Å². The predicted octanol–water partition coefficient (Wildman–Crippen LogP) is 6.63. The molecule has 43 heavy (non-hydrogen) atoms. The molecule has 0 bridgehead atoms. The van der Waals surface area contributed by atoms with Crippen molar-refractivity contribution in [2.24, 2.45) is 0 Å². The number of halogens is 3. The maximum Gasteiger partial charge on any atom is 0.416 e. The minimum absolute atomic E-state index is 0.0345. The van der Waals surface area contributed by atoms with Gasteiger partial charge in [-0.2, -0.15) is 13.2 Å². The number of likely N-dealkylation sites (N-methyl/N-ethyl adjacent to an activating group) is 1. The van der Waals surface area contributed by atoms with Gasteiger partial charge in [0.15, 0.2) is 0 Å². The highest BCUT2D eigenvalue weighted by molar-refractivity contribution is 5.98. The molecule has 2 amide bonds. The second kappa shape index (κ2) is 12.9. The molecule has 2 aromatic rings. The molecule has 2 aromatic carbocycles. The number of fused-ring (bicyclic) bond motifs is 1. The number of rotatable bonds is 8. The normalized spacial score (nSPS) is 16.0. The van der Waals surface area contributed by atoms with Gasteiger partial charge in [-0.1, -0.05) is 25.0 Å². The Bertz CT molecular complexity index is 1350. The SMILES string of the molecule is COC(=O)C(CC(=O)N1CCc2cc(OCc3ccc(C4CCCC4)c(C(F)(F)F)c3)ccc21)N(C)C(=O)OC(C)(C)C. The van der Waals surface area contributed by atoms with Gasteiger partial charge >= 0.3 is 18.2 Å². The fraction of sp³-hybridized carbons (Fsp3) is 0.531. The maximum atomic E-state index is 13.9. The van der Waals surface area contributed by atoms with Crippen LogP contribution in [0.2, 0.25) is 0 Å². The average molecular weight is 605 g/mol. The molecule has 1 aliphatic carbocycles. The molecule has 0 aromatic heterocycles. The summed E-state index contributed by atoms with van der Waals surface area (Å²) in [5, 5.41) is 0. The van der Waals surface area contributed by atoms with E-state index in [1.807, 2.05) is 0 Å². The van der Waals surface area contributed by atoms with Crippen LogP contribution in [0.4, 0.5) is 23.7 Å². The molecule has 0 radical (unpaired) electrons. The minimum atomic E-state index is -4.44. The molecule has 1 heterocycles. The van der Waals surface area contributed by atoms with Crippen LogP contribution in [0.3, 0.4) is 0 Å².